The van der Waals surface area contributed by atoms with Crippen LogP contribution < -0.4 is 11.3 Å². The zero-order chi connectivity index (χ0) is 17.8. The molecule has 25 heavy (non-hydrogen) atoms. The fourth-order valence-corrected chi connectivity index (χ4v) is 3.26. The molecule has 3 rings (SSSR count). The van der Waals surface area contributed by atoms with Crippen molar-refractivity contribution in [3.8, 4) is 0 Å². The molecule has 0 spiro atoms. The van der Waals surface area contributed by atoms with Crippen LogP contribution in [0.1, 0.15) is 25.7 Å². The number of para-hydroxylation sites is 1. The summed E-state index contributed by atoms with van der Waals surface area (Å²) in [6, 6.07) is 7.21. The highest BCUT2D eigenvalue weighted by Crippen LogP contribution is 2.17. The number of amides is 2. The number of hydrogen-bond acceptors (Lipinski definition) is 4. The minimum atomic E-state index is -0.341. The molecule has 2 amide bonds. The van der Waals surface area contributed by atoms with Crippen LogP contribution in [0, 0.1) is 5.92 Å². The van der Waals surface area contributed by atoms with E-state index in [1.54, 1.807) is 17.0 Å². The summed E-state index contributed by atoms with van der Waals surface area (Å²) in [7, 11) is 0. The van der Waals surface area contributed by atoms with Crippen molar-refractivity contribution in [1.82, 2.24) is 14.5 Å². The fourth-order valence-electron chi connectivity index (χ4n) is 3.26. The number of carbonyl (C=O) groups excluding carboxylic acids is 2. The quantitative estimate of drug-likeness (QED) is 0.873. The zero-order valence-electron chi connectivity index (χ0n) is 14.1. The standard InChI is InChI=1S/C18H22N4O3/c19-17(24)13-5-3-9-21(11-13)16(23)8-4-10-22-12-20-15-7-2-1-6-14(15)18(22)25/h1-2,6-7,12-13H,3-5,8-11H2,(H2,19,24)/t13-/m1/s1. The van der Waals surface area contributed by atoms with Crippen LogP contribution in [0.4, 0.5) is 0 Å². The zero-order valence-corrected chi connectivity index (χ0v) is 14.1. The minimum Gasteiger partial charge on any atom is -0.369 e. The number of benzene rings is 1. The molecule has 0 aliphatic carbocycles. The van der Waals surface area contributed by atoms with E-state index in [0.29, 0.717) is 43.4 Å². The summed E-state index contributed by atoms with van der Waals surface area (Å²) in [5, 5.41) is 0.580. The van der Waals surface area contributed by atoms with Gasteiger partial charge in [-0.25, -0.2) is 4.98 Å². The van der Waals surface area contributed by atoms with E-state index >= 15 is 0 Å². The Hall–Kier alpha value is -2.70. The smallest absolute Gasteiger partial charge is 0.261 e. The van der Waals surface area contributed by atoms with E-state index in [1.165, 1.54) is 10.9 Å². The van der Waals surface area contributed by atoms with E-state index < -0.39 is 0 Å². The Morgan fingerprint density at radius 1 is 1.28 bits per heavy atom. The minimum absolute atomic E-state index is 0.00717. The summed E-state index contributed by atoms with van der Waals surface area (Å²) in [5.74, 6) is -0.580. The summed E-state index contributed by atoms with van der Waals surface area (Å²) >= 11 is 0. The van der Waals surface area contributed by atoms with Crippen LogP contribution in [0.5, 0.6) is 0 Å². The first kappa shape index (κ1) is 17.1. The Kier molecular flexibility index (Phi) is 5.11. The molecule has 7 nitrogen and oxygen atoms in total. The first-order valence-electron chi connectivity index (χ1n) is 8.57. The molecule has 132 valence electrons. The SMILES string of the molecule is NC(=O)[C@@H]1CCCN(C(=O)CCCn2cnc3ccccc3c2=O)C1. The van der Waals surface area contributed by atoms with Gasteiger partial charge in [0.1, 0.15) is 0 Å². The molecule has 2 heterocycles. The van der Waals surface area contributed by atoms with Gasteiger partial charge in [-0.3, -0.25) is 19.0 Å². The lowest BCUT2D eigenvalue weighted by molar-refractivity contribution is -0.135. The molecule has 0 bridgehead atoms. The largest absolute Gasteiger partial charge is 0.369 e. The number of primary amides is 1. The van der Waals surface area contributed by atoms with Crippen molar-refractivity contribution in [1.29, 1.82) is 0 Å². The van der Waals surface area contributed by atoms with Crippen molar-refractivity contribution in [2.24, 2.45) is 11.7 Å². The van der Waals surface area contributed by atoms with E-state index in [4.69, 9.17) is 5.73 Å². The van der Waals surface area contributed by atoms with Gasteiger partial charge in [0.2, 0.25) is 11.8 Å². The molecule has 1 aromatic heterocycles. The number of hydrogen-bond donors (Lipinski definition) is 1. The van der Waals surface area contributed by atoms with Crippen LogP contribution in [0.25, 0.3) is 10.9 Å². The highest BCUT2D eigenvalue weighted by Gasteiger charge is 2.26. The molecule has 0 saturated carbocycles. The molecule has 2 N–H and O–H groups in total. The second kappa shape index (κ2) is 7.46. The lowest BCUT2D eigenvalue weighted by Crippen LogP contribution is -2.44. The molecule has 0 radical (unpaired) electrons. The Morgan fingerprint density at radius 3 is 2.88 bits per heavy atom. The second-order valence-corrected chi connectivity index (χ2v) is 6.45. The van der Waals surface area contributed by atoms with Crippen molar-refractivity contribution >= 4 is 22.7 Å². The average molecular weight is 342 g/mol. The van der Waals surface area contributed by atoms with Gasteiger partial charge in [-0.2, -0.15) is 0 Å². The number of nitrogens with zero attached hydrogens (tertiary/aromatic N) is 3. The van der Waals surface area contributed by atoms with E-state index in [0.717, 1.165) is 12.8 Å². The van der Waals surface area contributed by atoms with E-state index in [2.05, 4.69) is 4.98 Å². The van der Waals surface area contributed by atoms with Gasteiger partial charge >= 0.3 is 0 Å². The monoisotopic (exact) mass is 342 g/mol. The van der Waals surface area contributed by atoms with Gasteiger partial charge in [-0.15, -0.1) is 0 Å². The maximum Gasteiger partial charge on any atom is 0.261 e. The summed E-state index contributed by atoms with van der Waals surface area (Å²) in [6.45, 7) is 1.52. The third-order valence-electron chi connectivity index (χ3n) is 4.70. The molecule has 1 saturated heterocycles. The molecular weight excluding hydrogens is 320 g/mol. The second-order valence-electron chi connectivity index (χ2n) is 6.45. The van der Waals surface area contributed by atoms with Gasteiger partial charge in [0, 0.05) is 26.1 Å². The summed E-state index contributed by atoms with van der Waals surface area (Å²) in [5.41, 5.74) is 5.92. The van der Waals surface area contributed by atoms with Crippen LogP contribution in [0.2, 0.25) is 0 Å². The molecule has 7 heteroatoms. The van der Waals surface area contributed by atoms with E-state index in [1.807, 2.05) is 12.1 Å². The van der Waals surface area contributed by atoms with Gasteiger partial charge in [-0.05, 0) is 31.4 Å². The van der Waals surface area contributed by atoms with E-state index in [-0.39, 0.29) is 23.3 Å². The molecule has 0 unspecified atom stereocenters. The molecular formula is C18H22N4O3. The van der Waals surface area contributed by atoms with Crippen LogP contribution >= 0.6 is 0 Å². The first-order valence-corrected chi connectivity index (χ1v) is 8.57. The molecule has 1 aromatic carbocycles. The Bertz CT molecular complexity index is 846. The Balaban J connectivity index is 1.58. The van der Waals surface area contributed by atoms with Gasteiger partial charge in [-0.1, -0.05) is 12.1 Å². The lowest BCUT2D eigenvalue weighted by atomic mass is 9.97. The third-order valence-corrected chi connectivity index (χ3v) is 4.70. The highest BCUT2D eigenvalue weighted by molar-refractivity contribution is 5.80. The van der Waals surface area contributed by atoms with Gasteiger partial charge in [0.15, 0.2) is 0 Å². The van der Waals surface area contributed by atoms with Crippen LogP contribution in [0.15, 0.2) is 35.4 Å². The van der Waals surface area contributed by atoms with Gasteiger partial charge in [0.05, 0.1) is 23.1 Å². The number of piperidine rings is 1. The number of likely N-dealkylation sites (tertiary alicyclic amines) is 1. The van der Waals surface area contributed by atoms with E-state index in [9.17, 15) is 14.4 Å². The normalized spacial score (nSPS) is 17.6. The van der Waals surface area contributed by atoms with Crippen molar-refractivity contribution in [3.63, 3.8) is 0 Å². The molecule has 1 fully saturated rings. The first-order chi connectivity index (χ1) is 12.1. The maximum absolute atomic E-state index is 12.4. The average Bonchev–Trinajstić information content (AvgIpc) is 2.64. The summed E-state index contributed by atoms with van der Waals surface area (Å²) in [6.07, 6.45) is 3.96. The van der Waals surface area contributed by atoms with Crippen molar-refractivity contribution < 1.29 is 9.59 Å². The number of rotatable bonds is 5. The van der Waals surface area contributed by atoms with Crippen LogP contribution in [0.3, 0.4) is 0 Å². The van der Waals surface area contributed by atoms with Crippen molar-refractivity contribution in [2.45, 2.75) is 32.2 Å². The predicted molar refractivity (Wildman–Crippen MR) is 93.7 cm³/mol. The van der Waals surface area contributed by atoms with Gasteiger partial charge < -0.3 is 10.6 Å². The Morgan fingerprint density at radius 2 is 2.08 bits per heavy atom. The molecule has 1 atom stereocenters. The highest BCUT2D eigenvalue weighted by atomic mass is 16.2. The maximum atomic E-state index is 12.4. The Labute approximate surface area is 145 Å². The third kappa shape index (κ3) is 3.87. The predicted octanol–water partition coefficient (Wildman–Crippen LogP) is 0.901. The molecule has 2 aromatic rings. The summed E-state index contributed by atoms with van der Waals surface area (Å²) in [4.78, 5) is 42.0. The van der Waals surface area contributed by atoms with Crippen molar-refractivity contribution in [2.75, 3.05) is 13.1 Å². The number of nitrogens with two attached hydrogens (primary N) is 1. The molecule has 1 aliphatic rings. The fraction of sp³-hybridized carbons (Fsp3) is 0.444. The van der Waals surface area contributed by atoms with Gasteiger partial charge in [0.25, 0.3) is 5.56 Å². The molecule has 1 aliphatic heterocycles. The van der Waals surface area contributed by atoms with Crippen LogP contribution in [-0.4, -0.2) is 39.4 Å². The topological polar surface area (TPSA) is 98.3 Å². The number of aryl methyl sites for hydroxylation is 1. The van der Waals surface area contributed by atoms with Crippen LogP contribution in [-0.2, 0) is 16.1 Å². The number of carbonyl (C=O) groups is 2. The number of fused-ring (bicyclic) bond motifs is 1. The lowest BCUT2D eigenvalue weighted by Gasteiger charge is -2.31. The number of aromatic nitrogens is 2. The van der Waals surface area contributed by atoms with Crippen molar-refractivity contribution in [3.05, 3.63) is 40.9 Å². The summed E-state index contributed by atoms with van der Waals surface area (Å²) < 4.78 is 1.54.